The fraction of sp³-hybridized carbons (Fsp3) is 0.435. The SMILES string of the molecule is C=CCN1C(=O)N[C@H](c2ccc(C)cc2C)C2=C1CN(CC(=O)NCCN(C)C)C2=O. The van der Waals surface area contributed by atoms with Gasteiger partial charge >= 0.3 is 6.03 Å². The van der Waals surface area contributed by atoms with Crippen LogP contribution in [0.25, 0.3) is 0 Å². The zero-order valence-corrected chi connectivity index (χ0v) is 18.7. The van der Waals surface area contributed by atoms with Crippen LogP contribution < -0.4 is 10.6 Å². The van der Waals surface area contributed by atoms with Crippen molar-refractivity contribution in [2.75, 3.05) is 46.8 Å². The van der Waals surface area contributed by atoms with Crippen LogP contribution in [0.5, 0.6) is 0 Å². The first-order valence-electron chi connectivity index (χ1n) is 10.4. The number of aryl methyl sites for hydroxylation is 2. The lowest BCUT2D eigenvalue weighted by atomic mass is 9.91. The van der Waals surface area contributed by atoms with Crippen LogP contribution >= 0.6 is 0 Å². The highest BCUT2D eigenvalue weighted by Gasteiger charge is 2.44. The molecule has 0 fully saturated rings. The third-order valence-corrected chi connectivity index (χ3v) is 5.56. The van der Waals surface area contributed by atoms with Crippen molar-refractivity contribution in [1.29, 1.82) is 0 Å². The van der Waals surface area contributed by atoms with Crippen LogP contribution in [0.2, 0.25) is 0 Å². The summed E-state index contributed by atoms with van der Waals surface area (Å²) in [5.41, 5.74) is 4.16. The minimum absolute atomic E-state index is 0.0466. The minimum atomic E-state index is -0.543. The molecule has 0 unspecified atom stereocenters. The summed E-state index contributed by atoms with van der Waals surface area (Å²) in [5, 5.41) is 5.82. The summed E-state index contributed by atoms with van der Waals surface area (Å²) in [4.78, 5) is 43.6. The quantitative estimate of drug-likeness (QED) is 0.616. The Morgan fingerprint density at radius 3 is 2.71 bits per heavy atom. The topological polar surface area (TPSA) is 85.0 Å². The Hall–Kier alpha value is -3.13. The van der Waals surface area contributed by atoms with Gasteiger partial charge in [0.15, 0.2) is 0 Å². The molecule has 2 aliphatic heterocycles. The molecule has 0 spiro atoms. The van der Waals surface area contributed by atoms with Gasteiger partial charge in [0.25, 0.3) is 5.91 Å². The van der Waals surface area contributed by atoms with Gasteiger partial charge in [-0.05, 0) is 39.1 Å². The third-order valence-electron chi connectivity index (χ3n) is 5.56. The summed E-state index contributed by atoms with van der Waals surface area (Å²) in [6.45, 7) is 9.40. The van der Waals surface area contributed by atoms with Crippen molar-refractivity contribution in [3.05, 3.63) is 58.8 Å². The fourth-order valence-corrected chi connectivity index (χ4v) is 4.03. The van der Waals surface area contributed by atoms with Crippen LogP contribution in [0, 0.1) is 13.8 Å². The van der Waals surface area contributed by atoms with Crippen molar-refractivity contribution in [1.82, 2.24) is 25.3 Å². The lowest BCUT2D eigenvalue weighted by Gasteiger charge is -2.33. The summed E-state index contributed by atoms with van der Waals surface area (Å²) in [5.74, 6) is -0.440. The zero-order valence-electron chi connectivity index (χ0n) is 18.7. The number of urea groups is 1. The second-order valence-electron chi connectivity index (χ2n) is 8.32. The largest absolute Gasteiger partial charge is 0.353 e. The molecular weight excluding hydrogens is 394 g/mol. The molecule has 3 rings (SSSR count). The number of hydrogen-bond donors (Lipinski definition) is 2. The van der Waals surface area contributed by atoms with Gasteiger partial charge in [-0.25, -0.2) is 4.79 Å². The predicted octanol–water partition coefficient (Wildman–Crippen LogP) is 1.33. The Balaban J connectivity index is 1.87. The van der Waals surface area contributed by atoms with Gasteiger partial charge < -0.3 is 20.4 Å². The number of nitrogens with zero attached hydrogens (tertiary/aromatic N) is 3. The molecule has 0 aliphatic carbocycles. The molecule has 0 bridgehead atoms. The number of likely N-dealkylation sites (N-methyl/N-ethyl adjacent to an activating group) is 1. The van der Waals surface area contributed by atoms with Crippen LogP contribution in [0.1, 0.15) is 22.7 Å². The number of carbonyl (C=O) groups excluding carboxylic acids is 3. The second kappa shape index (κ2) is 9.34. The first-order chi connectivity index (χ1) is 14.7. The Bertz CT molecular complexity index is 937. The van der Waals surface area contributed by atoms with Gasteiger partial charge in [0.1, 0.15) is 6.54 Å². The van der Waals surface area contributed by atoms with E-state index in [9.17, 15) is 14.4 Å². The molecule has 0 aromatic heterocycles. The highest BCUT2D eigenvalue weighted by atomic mass is 16.2. The molecule has 0 saturated carbocycles. The Kier molecular flexibility index (Phi) is 6.80. The zero-order chi connectivity index (χ0) is 22.7. The average Bonchev–Trinajstić information content (AvgIpc) is 3.00. The van der Waals surface area contributed by atoms with E-state index in [-0.39, 0.29) is 30.9 Å². The van der Waals surface area contributed by atoms with Crippen molar-refractivity contribution >= 4 is 17.8 Å². The first-order valence-corrected chi connectivity index (χ1v) is 10.4. The molecule has 0 radical (unpaired) electrons. The molecule has 31 heavy (non-hydrogen) atoms. The van der Waals surface area contributed by atoms with Gasteiger partial charge in [-0.15, -0.1) is 6.58 Å². The third kappa shape index (κ3) is 4.80. The van der Waals surface area contributed by atoms with E-state index in [0.717, 1.165) is 23.2 Å². The maximum Gasteiger partial charge on any atom is 0.322 e. The Morgan fingerprint density at radius 2 is 2.06 bits per heavy atom. The molecule has 2 N–H and O–H groups in total. The van der Waals surface area contributed by atoms with Crippen LogP contribution in [0.4, 0.5) is 4.79 Å². The van der Waals surface area contributed by atoms with Crippen LogP contribution in [0.3, 0.4) is 0 Å². The van der Waals surface area contributed by atoms with Crippen molar-refractivity contribution < 1.29 is 14.4 Å². The maximum absolute atomic E-state index is 13.4. The monoisotopic (exact) mass is 425 g/mol. The molecule has 166 valence electrons. The van der Waals surface area contributed by atoms with Crippen molar-refractivity contribution in [3.8, 4) is 0 Å². The lowest BCUT2D eigenvalue weighted by Crippen LogP contribution is -2.47. The highest BCUT2D eigenvalue weighted by molar-refractivity contribution is 6.03. The number of amides is 4. The molecule has 2 aliphatic rings. The van der Waals surface area contributed by atoms with Gasteiger partial charge in [-0.1, -0.05) is 29.8 Å². The van der Waals surface area contributed by atoms with E-state index in [4.69, 9.17) is 0 Å². The number of nitrogens with one attached hydrogen (secondary N) is 2. The van der Waals surface area contributed by atoms with Crippen molar-refractivity contribution in [2.24, 2.45) is 0 Å². The van der Waals surface area contributed by atoms with Gasteiger partial charge in [-0.3, -0.25) is 14.5 Å². The average molecular weight is 426 g/mol. The predicted molar refractivity (Wildman–Crippen MR) is 119 cm³/mol. The number of hydrogen-bond acceptors (Lipinski definition) is 4. The van der Waals surface area contributed by atoms with E-state index in [2.05, 4.69) is 17.2 Å². The van der Waals surface area contributed by atoms with E-state index in [0.29, 0.717) is 24.4 Å². The van der Waals surface area contributed by atoms with E-state index in [1.165, 1.54) is 9.80 Å². The van der Waals surface area contributed by atoms with E-state index >= 15 is 0 Å². The smallest absolute Gasteiger partial charge is 0.322 e. The van der Waals surface area contributed by atoms with Gasteiger partial charge in [0, 0.05) is 19.6 Å². The van der Waals surface area contributed by atoms with Gasteiger partial charge in [0.05, 0.1) is 23.9 Å². The summed E-state index contributed by atoms with van der Waals surface area (Å²) >= 11 is 0. The van der Waals surface area contributed by atoms with Crippen molar-refractivity contribution in [3.63, 3.8) is 0 Å². The molecule has 1 aromatic carbocycles. The number of rotatable bonds is 8. The summed E-state index contributed by atoms with van der Waals surface area (Å²) < 4.78 is 0. The molecule has 2 heterocycles. The van der Waals surface area contributed by atoms with Crippen LogP contribution in [-0.4, -0.2) is 79.4 Å². The molecular formula is C23H31N5O3. The van der Waals surface area contributed by atoms with Crippen LogP contribution in [-0.2, 0) is 9.59 Å². The number of carbonyl (C=O) groups is 3. The Morgan fingerprint density at radius 1 is 1.32 bits per heavy atom. The Labute approximate surface area is 183 Å². The molecule has 1 atom stereocenters. The molecule has 8 nitrogen and oxygen atoms in total. The van der Waals surface area contributed by atoms with Crippen LogP contribution in [0.15, 0.2) is 42.1 Å². The standard InChI is InChI=1S/C23H31N5O3/c1-6-10-28-18-13-27(14-19(29)24-9-11-26(4)5)22(30)20(18)21(25-23(28)31)17-8-7-15(2)12-16(17)3/h6-8,12,21H,1,9-11,13-14H2,2-5H3,(H,24,29)(H,25,31)/t21-/m1/s1. The van der Waals surface area contributed by atoms with E-state index in [1.54, 1.807) is 6.08 Å². The second-order valence-corrected chi connectivity index (χ2v) is 8.32. The lowest BCUT2D eigenvalue weighted by molar-refractivity contribution is -0.131. The molecule has 4 amide bonds. The van der Waals surface area contributed by atoms with E-state index in [1.807, 2.05) is 51.0 Å². The normalized spacial score (nSPS) is 18.4. The summed E-state index contributed by atoms with van der Waals surface area (Å²) in [6, 6.07) is 5.15. The number of benzene rings is 1. The summed E-state index contributed by atoms with van der Waals surface area (Å²) in [6.07, 6.45) is 1.63. The maximum atomic E-state index is 13.4. The first kappa shape index (κ1) is 22.6. The fourth-order valence-electron chi connectivity index (χ4n) is 4.03. The van der Waals surface area contributed by atoms with E-state index < -0.39 is 6.04 Å². The van der Waals surface area contributed by atoms with Gasteiger partial charge in [-0.2, -0.15) is 0 Å². The van der Waals surface area contributed by atoms with Crippen molar-refractivity contribution in [2.45, 2.75) is 19.9 Å². The molecule has 0 saturated heterocycles. The highest BCUT2D eigenvalue weighted by Crippen LogP contribution is 2.37. The molecule has 8 heteroatoms. The van der Waals surface area contributed by atoms with Gasteiger partial charge in [0.2, 0.25) is 5.91 Å². The molecule has 1 aromatic rings. The summed E-state index contributed by atoms with van der Waals surface area (Å²) in [7, 11) is 3.86. The minimum Gasteiger partial charge on any atom is -0.353 e.